The number of aromatic nitrogens is 3. The summed E-state index contributed by atoms with van der Waals surface area (Å²) in [6.07, 6.45) is 3.36. The van der Waals surface area contributed by atoms with Gasteiger partial charge < -0.3 is 25.5 Å². The quantitative estimate of drug-likeness (QED) is 0.787. The molecule has 1 aliphatic rings. The first kappa shape index (κ1) is 17.2. The van der Waals surface area contributed by atoms with E-state index in [1.807, 2.05) is 36.2 Å². The van der Waals surface area contributed by atoms with E-state index >= 15 is 0 Å². The first-order valence-corrected chi connectivity index (χ1v) is 8.61. The van der Waals surface area contributed by atoms with Gasteiger partial charge in [0, 0.05) is 45.5 Å². The van der Waals surface area contributed by atoms with Crippen LogP contribution < -0.4 is 20.4 Å². The molecule has 0 aromatic carbocycles. The van der Waals surface area contributed by atoms with Gasteiger partial charge in [-0.05, 0) is 19.1 Å². The molecule has 0 amide bonds. The van der Waals surface area contributed by atoms with Crippen LogP contribution in [0.25, 0.3) is 0 Å². The Morgan fingerprint density at radius 1 is 1.12 bits per heavy atom. The van der Waals surface area contributed by atoms with Crippen LogP contribution in [0.4, 0.5) is 23.1 Å². The van der Waals surface area contributed by atoms with Gasteiger partial charge in [0.15, 0.2) is 11.6 Å². The van der Waals surface area contributed by atoms with Crippen molar-refractivity contribution in [3.8, 4) is 0 Å². The van der Waals surface area contributed by atoms with Gasteiger partial charge in [-0.25, -0.2) is 15.0 Å². The Labute approximate surface area is 147 Å². The summed E-state index contributed by atoms with van der Waals surface area (Å²) in [5.74, 6) is 2.45. The van der Waals surface area contributed by atoms with Crippen LogP contribution in [0.1, 0.15) is 6.92 Å². The highest BCUT2D eigenvalue weighted by Crippen LogP contribution is 2.29. The summed E-state index contributed by atoms with van der Waals surface area (Å²) in [6, 6.07) is 5.96. The number of nitrogens with two attached hydrogens (primary N) is 1. The molecule has 1 saturated heterocycles. The zero-order valence-corrected chi connectivity index (χ0v) is 14.5. The molecule has 2 aromatic rings. The first-order chi connectivity index (χ1) is 12.2. The van der Waals surface area contributed by atoms with E-state index in [0.717, 1.165) is 44.4 Å². The topological polar surface area (TPSA) is 94.6 Å². The molecule has 0 unspecified atom stereocenters. The zero-order chi connectivity index (χ0) is 17.6. The molecular weight excluding hydrogens is 318 g/mol. The minimum Gasteiger partial charge on any atom is -0.395 e. The number of likely N-dealkylation sites (N-methyl/N-ethyl adjacent to an activating group) is 1. The van der Waals surface area contributed by atoms with Crippen molar-refractivity contribution in [2.45, 2.75) is 6.92 Å². The lowest BCUT2D eigenvalue weighted by Crippen LogP contribution is -2.47. The molecule has 134 valence electrons. The van der Waals surface area contributed by atoms with Crippen molar-refractivity contribution in [3.05, 3.63) is 30.7 Å². The number of aliphatic hydroxyl groups excluding tert-OH is 1. The minimum absolute atomic E-state index is 0.0648. The molecule has 0 saturated carbocycles. The second-order valence-corrected chi connectivity index (χ2v) is 5.90. The van der Waals surface area contributed by atoms with Crippen LogP contribution in [0.15, 0.2) is 30.7 Å². The Bertz CT molecular complexity index is 674. The van der Waals surface area contributed by atoms with E-state index < -0.39 is 0 Å². The van der Waals surface area contributed by atoms with Gasteiger partial charge in [-0.15, -0.1) is 0 Å². The Hall–Kier alpha value is -2.61. The van der Waals surface area contributed by atoms with Gasteiger partial charge in [-0.2, -0.15) is 0 Å². The fourth-order valence-corrected chi connectivity index (χ4v) is 3.10. The number of pyridine rings is 1. The summed E-state index contributed by atoms with van der Waals surface area (Å²) >= 11 is 0. The predicted molar refractivity (Wildman–Crippen MR) is 100 cm³/mol. The molecule has 25 heavy (non-hydrogen) atoms. The van der Waals surface area contributed by atoms with E-state index in [9.17, 15) is 5.11 Å². The van der Waals surface area contributed by atoms with Gasteiger partial charge >= 0.3 is 0 Å². The van der Waals surface area contributed by atoms with E-state index in [2.05, 4.69) is 24.8 Å². The molecule has 8 heteroatoms. The van der Waals surface area contributed by atoms with Crippen molar-refractivity contribution in [2.75, 3.05) is 66.3 Å². The number of rotatable bonds is 6. The van der Waals surface area contributed by atoms with Gasteiger partial charge in [0.25, 0.3) is 0 Å². The molecule has 0 spiro atoms. The maximum atomic E-state index is 9.23. The van der Waals surface area contributed by atoms with E-state index in [-0.39, 0.29) is 6.61 Å². The number of nitrogens with zero attached hydrogens (tertiary/aromatic N) is 6. The molecular formula is C17H25N7O. The van der Waals surface area contributed by atoms with Crippen molar-refractivity contribution in [1.29, 1.82) is 0 Å². The Kier molecular flexibility index (Phi) is 5.49. The second-order valence-electron chi connectivity index (χ2n) is 5.90. The molecule has 0 atom stereocenters. The number of anilines is 4. The molecule has 1 fully saturated rings. The number of hydrogen-bond acceptors (Lipinski definition) is 8. The van der Waals surface area contributed by atoms with E-state index in [1.54, 1.807) is 6.33 Å². The first-order valence-electron chi connectivity index (χ1n) is 8.61. The normalized spacial score (nSPS) is 14.6. The zero-order valence-electron chi connectivity index (χ0n) is 14.5. The maximum Gasteiger partial charge on any atom is 0.157 e. The lowest BCUT2D eigenvalue weighted by molar-refractivity contribution is 0.302. The third-order valence-electron chi connectivity index (χ3n) is 4.45. The largest absolute Gasteiger partial charge is 0.395 e. The standard InChI is InChI=1S/C17H25N7O/c1-2-22(11-12-25)16-15(18)17(21-13-20-16)24-9-7-23(8-10-24)14-5-3-4-6-19-14/h3-6,13,25H,2,7-12,18H2,1H3. The van der Waals surface area contributed by atoms with Crippen molar-refractivity contribution < 1.29 is 5.11 Å². The highest BCUT2D eigenvalue weighted by Gasteiger charge is 2.23. The Morgan fingerprint density at radius 2 is 1.88 bits per heavy atom. The van der Waals surface area contributed by atoms with Crippen LogP contribution in [0, 0.1) is 0 Å². The van der Waals surface area contributed by atoms with Gasteiger partial charge in [-0.3, -0.25) is 0 Å². The molecule has 0 aliphatic carbocycles. The molecule has 0 bridgehead atoms. The number of hydrogen-bond donors (Lipinski definition) is 2. The van der Waals surface area contributed by atoms with Crippen LogP contribution in [0.5, 0.6) is 0 Å². The van der Waals surface area contributed by atoms with Crippen molar-refractivity contribution in [2.24, 2.45) is 0 Å². The number of nitrogen functional groups attached to an aromatic ring is 1. The lowest BCUT2D eigenvalue weighted by Gasteiger charge is -2.36. The summed E-state index contributed by atoms with van der Waals surface area (Å²) in [5, 5.41) is 9.23. The fraction of sp³-hybridized carbons (Fsp3) is 0.471. The summed E-state index contributed by atoms with van der Waals surface area (Å²) < 4.78 is 0. The average molecular weight is 343 g/mol. The van der Waals surface area contributed by atoms with Crippen LogP contribution >= 0.6 is 0 Å². The van der Waals surface area contributed by atoms with Crippen LogP contribution in [0.2, 0.25) is 0 Å². The van der Waals surface area contributed by atoms with E-state index in [0.29, 0.717) is 18.1 Å². The lowest BCUT2D eigenvalue weighted by atomic mass is 10.2. The Morgan fingerprint density at radius 3 is 2.52 bits per heavy atom. The predicted octanol–water partition coefficient (Wildman–Crippen LogP) is 0.599. The molecule has 3 N–H and O–H groups in total. The third-order valence-corrected chi connectivity index (χ3v) is 4.45. The molecule has 1 aliphatic heterocycles. The van der Waals surface area contributed by atoms with Gasteiger partial charge in [0.1, 0.15) is 17.8 Å². The molecule has 3 heterocycles. The average Bonchev–Trinajstić information content (AvgIpc) is 2.67. The number of aliphatic hydroxyl groups is 1. The van der Waals surface area contributed by atoms with E-state index in [4.69, 9.17) is 5.73 Å². The minimum atomic E-state index is 0.0648. The summed E-state index contributed by atoms with van der Waals surface area (Å²) in [5.41, 5.74) is 6.92. The SMILES string of the molecule is CCN(CCO)c1ncnc(N2CCN(c3ccccn3)CC2)c1N. The smallest absolute Gasteiger partial charge is 0.157 e. The molecule has 2 aromatic heterocycles. The Balaban J connectivity index is 1.73. The van der Waals surface area contributed by atoms with Gasteiger partial charge in [0.05, 0.1) is 6.61 Å². The van der Waals surface area contributed by atoms with Crippen molar-refractivity contribution in [1.82, 2.24) is 15.0 Å². The summed E-state index contributed by atoms with van der Waals surface area (Å²) in [4.78, 5) is 19.5. The molecule has 8 nitrogen and oxygen atoms in total. The van der Waals surface area contributed by atoms with Crippen molar-refractivity contribution >= 4 is 23.1 Å². The van der Waals surface area contributed by atoms with Crippen molar-refractivity contribution in [3.63, 3.8) is 0 Å². The van der Waals surface area contributed by atoms with Gasteiger partial charge in [-0.1, -0.05) is 6.07 Å². The van der Waals surface area contributed by atoms with Crippen LogP contribution in [0.3, 0.4) is 0 Å². The second kappa shape index (κ2) is 7.98. The third kappa shape index (κ3) is 3.74. The molecule has 3 rings (SSSR count). The maximum absolute atomic E-state index is 9.23. The number of piperazine rings is 1. The van der Waals surface area contributed by atoms with Gasteiger partial charge in [0.2, 0.25) is 0 Å². The molecule has 0 radical (unpaired) electrons. The monoisotopic (exact) mass is 343 g/mol. The fourth-order valence-electron chi connectivity index (χ4n) is 3.10. The summed E-state index contributed by atoms with van der Waals surface area (Å²) in [7, 11) is 0. The highest BCUT2D eigenvalue weighted by atomic mass is 16.3. The van der Waals surface area contributed by atoms with Crippen LogP contribution in [-0.2, 0) is 0 Å². The highest BCUT2D eigenvalue weighted by molar-refractivity contribution is 5.76. The van der Waals surface area contributed by atoms with Crippen LogP contribution in [-0.4, -0.2) is 65.9 Å². The summed E-state index contributed by atoms with van der Waals surface area (Å²) in [6.45, 7) is 6.69. The van der Waals surface area contributed by atoms with E-state index in [1.165, 1.54) is 0 Å².